The fraction of sp³-hybridized carbons (Fsp3) is 0.500. The van der Waals surface area contributed by atoms with Gasteiger partial charge in [-0.1, -0.05) is 17.7 Å². The summed E-state index contributed by atoms with van der Waals surface area (Å²) in [6.07, 6.45) is 1.70. The topological polar surface area (TPSA) is 20.3 Å². The van der Waals surface area contributed by atoms with Crippen molar-refractivity contribution in [3.8, 4) is 0 Å². The number of piperidine rings is 1. The van der Waals surface area contributed by atoms with E-state index in [2.05, 4.69) is 0 Å². The summed E-state index contributed by atoms with van der Waals surface area (Å²) in [7, 11) is 0. The van der Waals surface area contributed by atoms with E-state index < -0.39 is 5.82 Å². The molecule has 2 nitrogen and oxygen atoms in total. The van der Waals surface area contributed by atoms with E-state index in [1.165, 1.54) is 18.2 Å². The van der Waals surface area contributed by atoms with Crippen molar-refractivity contribution in [2.45, 2.75) is 25.1 Å². The van der Waals surface area contributed by atoms with Crippen molar-refractivity contribution >= 4 is 29.1 Å². The molecular weight excluding hydrogens is 288 g/mol. The average Bonchev–Trinajstić information content (AvgIpc) is 2.38. The van der Waals surface area contributed by atoms with Crippen LogP contribution in [0.1, 0.15) is 30.1 Å². The minimum Gasteiger partial charge on any atom is -0.338 e. The van der Waals surface area contributed by atoms with Crippen molar-refractivity contribution in [3.63, 3.8) is 0 Å². The third-order valence-electron chi connectivity index (χ3n) is 3.65. The van der Waals surface area contributed by atoms with E-state index in [0.717, 1.165) is 12.8 Å². The van der Waals surface area contributed by atoms with Gasteiger partial charge in [-0.3, -0.25) is 4.79 Å². The molecule has 1 amide bonds. The molecule has 1 aromatic carbocycles. The lowest BCUT2D eigenvalue weighted by Crippen LogP contribution is -2.40. The van der Waals surface area contributed by atoms with Crippen LogP contribution in [0.3, 0.4) is 0 Å². The van der Waals surface area contributed by atoms with Crippen molar-refractivity contribution in [3.05, 3.63) is 34.6 Å². The number of carbonyl (C=O) groups excluding carboxylic acids is 1. The van der Waals surface area contributed by atoms with E-state index in [1.54, 1.807) is 4.90 Å². The summed E-state index contributed by atoms with van der Waals surface area (Å²) >= 11 is 12.0. The van der Waals surface area contributed by atoms with E-state index in [1.807, 2.05) is 6.92 Å². The summed E-state index contributed by atoms with van der Waals surface area (Å²) in [5, 5.41) is 0.270. The Bertz CT molecular complexity index is 450. The van der Waals surface area contributed by atoms with Gasteiger partial charge in [0.2, 0.25) is 0 Å². The Morgan fingerprint density at radius 3 is 2.58 bits per heavy atom. The Kier molecular flexibility index (Phi) is 4.69. The van der Waals surface area contributed by atoms with Crippen molar-refractivity contribution in [2.75, 3.05) is 13.1 Å². The highest BCUT2D eigenvalue weighted by molar-refractivity contribution is 6.33. The van der Waals surface area contributed by atoms with Gasteiger partial charge >= 0.3 is 0 Å². The Hall–Kier alpha value is -0.800. The number of hydrogen-bond acceptors (Lipinski definition) is 1. The molecular formula is C14H16Cl2FNO. The zero-order valence-corrected chi connectivity index (χ0v) is 12.2. The molecule has 0 aromatic heterocycles. The molecule has 0 saturated carbocycles. The maximum absolute atomic E-state index is 13.7. The van der Waals surface area contributed by atoms with E-state index in [4.69, 9.17) is 23.2 Å². The lowest BCUT2D eigenvalue weighted by atomic mass is 9.93. The fourth-order valence-electron chi connectivity index (χ4n) is 2.42. The first kappa shape index (κ1) is 14.6. The maximum atomic E-state index is 13.7. The van der Waals surface area contributed by atoms with Gasteiger partial charge in [0.15, 0.2) is 0 Å². The number of likely N-dealkylation sites (tertiary alicyclic amines) is 1. The molecule has 1 aliphatic heterocycles. The van der Waals surface area contributed by atoms with Crippen LogP contribution < -0.4 is 0 Å². The SMILES string of the molecule is CC(Cl)C1CCN(C(=O)c2c(F)cccc2Cl)CC1. The van der Waals surface area contributed by atoms with Gasteiger partial charge in [0.1, 0.15) is 5.82 Å². The molecule has 0 aliphatic carbocycles. The van der Waals surface area contributed by atoms with Gasteiger partial charge in [0.05, 0.1) is 10.6 Å². The van der Waals surface area contributed by atoms with Gasteiger partial charge < -0.3 is 4.90 Å². The summed E-state index contributed by atoms with van der Waals surface area (Å²) < 4.78 is 13.7. The Labute approximate surface area is 122 Å². The standard InChI is InChI=1S/C14H16Cl2FNO/c1-9(15)10-5-7-18(8-6-10)14(19)13-11(16)3-2-4-12(13)17/h2-4,9-10H,5-8H2,1H3. The van der Waals surface area contributed by atoms with Gasteiger partial charge in [-0.05, 0) is 37.8 Å². The number of halogens is 3. The number of benzene rings is 1. The minimum absolute atomic E-state index is 0.0264. The first-order valence-electron chi connectivity index (χ1n) is 6.38. The average molecular weight is 304 g/mol. The minimum atomic E-state index is -0.565. The second kappa shape index (κ2) is 6.10. The fourth-order valence-corrected chi connectivity index (χ4v) is 2.92. The number of rotatable bonds is 2. The monoisotopic (exact) mass is 303 g/mol. The molecule has 0 N–H and O–H groups in total. The summed E-state index contributed by atoms with van der Waals surface area (Å²) in [5.41, 5.74) is -0.0264. The third kappa shape index (κ3) is 3.21. The van der Waals surface area contributed by atoms with Crippen LogP contribution in [-0.2, 0) is 0 Å². The predicted molar refractivity (Wildman–Crippen MR) is 75.4 cm³/mol. The molecule has 1 aromatic rings. The van der Waals surface area contributed by atoms with Gasteiger partial charge in [-0.15, -0.1) is 11.6 Å². The highest BCUT2D eigenvalue weighted by atomic mass is 35.5. The Balaban J connectivity index is 2.10. The number of nitrogens with zero attached hydrogens (tertiary/aromatic N) is 1. The largest absolute Gasteiger partial charge is 0.338 e. The van der Waals surface area contributed by atoms with Gasteiger partial charge in [0, 0.05) is 18.5 Å². The smallest absolute Gasteiger partial charge is 0.258 e. The van der Waals surface area contributed by atoms with Crippen LogP contribution >= 0.6 is 23.2 Å². The molecule has 0 radical (unpaired) electrons. The normalized spacial score (nSPS) is 18.4. The molecule has 104 valence electrons. The van der Waals surface area contributed by atoms with Crippen molar-refractivity contribution in [2.24, 2.45) is 5.92 Å². The van der Waals surface area contributed by atoms with Crippen LogP contribution in [-0.4, -0.2) is 29.3 Å². The number of carbonyl (C=O) groups is 1. The highest BCUT2D eigenvalue weighted by Gasteiger charge is 2.28. The van der Waals surface area contributed by atoms with Crippen LogP contribution in [0.2, 0.25) is 5.02 Å². The van der Waals surface area contributed by atoms with Gasteiger partial charge in [0.25, 0.3) is 5.91 Å². The highest BCUT2D eigenvalue weighted by Crippen LogP contribution is 2.27. The van der Waals surface area contributed by atoms with Gasteiger partial charge in [-0.25, -0.2) is 4.39 Å². The summed E-state index contributed by atoms with van der Waals surface area (Å²) in [6.45, 7) is 3.17. The third-order valence-corrected chi connectivity index (χ3v) is 4.32. The Morgan fingerprint density at radius 1 is 1.42 bits per heavy atom. The van der Waals surface area contributed by atoms with Crippen LogP contribution in [0.5, 0.6) is 0 Å². The van der Waals surface area contributed by atoms with Crippen molar-refractivity contribution in [1.82, 2.24) is 4.90 Å². The Morgan fingerprint density at radius 2 is 2.05 bits per heavy atom. The summed E-state index contributed by atoms with van der Waals surface area (Å²) in [4.78, 5) is 13.9. The molecule has 0 bridgehead atoms. The van der Waals surface area contributed by atoms with Crippen LogP contribution in [0.15, 0.2) is 18.2 Å². The van der Waals surface area contributed by atoms with Crippen LogP contribution in [0.4, 0.5) is 4.39 Å². The van der Waals surface area contributed by atoms with Crippen LogP contribution in [0.25, 0.3) is 0 Å². The quantitative estimate of drug-likeness (QED) is 0.757. The van der Waals surface area contributed by atoms with E-state index in [9.17, 15) is 9.18 Å². The number of amides is 1. The van der Waals surface area contributed by atoms with Crippen molar-refractivity contribution < 1.29 is 9.18 Å². The predicted octanol–water partition coefficient (Wildman–Crippen LogP) is 3.96. The molecule has 1 atom stereocenters. The zero-order valence-electron chi connectivity index (χ0n) is 10.7. The molecule has 1 saturated heterocycles. The second-order valence-electron chi connectivity index (χ2n) is 4.90. The van der Waals surface area contributed by atoms with E-state index in [-0.39, 0.29) is 21.9 Å². The number of alkyl halides is 1. The molecule has 1 unspecified atom stereocenters. The lowest BCUT2D eigenvalue weighted by Gasteiger charge is -2.33. The lowest BCUT2D eigenvalue weighted by molar-refractivity contribution is 0.0685. The molecule has 19 heavy (non-hydrogen) atoms. The first-order valence-corrected chi connectivity index (χ1v) is 7.19. The zero-order chi connectivity index (χ0) is 14.0. The second-order valence-corrected chi connectivity index (χ2v) is 6.00. The van der Waals surface area contributed by atoms with Crippen molar-refractivity contribution in [1.29, 1.82) is 0 Å². The first-order chi connectivity index (χ1) is 9.00. The molecule has 0 spiro atoms. The maximum Gasteiger partial charge on any atom is 0.258 e. The van der Waals surface area contributed by atoms with Gasteiger partial charge in [-0.2, -0.15) is 0 Å². The van der Waals surface area contributed by atoms with E-state index >= 15 is 0 Å². The molecule has 2 rings (SSSR count). The summed E-state index contributed by atoms with van der Waals surface area (Å²) in [6, 6.07) is 4.29. The number of hydrogen-bond donors (Lipinski definition) is 0. The molecule has 1 fully saturated rings. The molecule has 1 heterocycles. The molecule has 1 aliphatic rings. The van der Waals surface area contributed by atoms with E-state index in [0.29, 0.717) is 19.0 Å². The van der Waals surface area contributed by atoms with Crippen LogP contribution in [0, 0.1) is 11.7 Å². The molecule has 5 heteroatoms. The summed E-state index contributed by atoms with van der Waals surface area (Å²) in [5.74, 6) is -0.476.